The molecule has 0 fully saturated rings. The zero-order valence-electron chi connectivity index (χ0n) is 13.1. The largest absolute Gasteiger partial charge is 0.395 e. The van der Waals surface area contributed by atoms with Crippen molar-refractivity contribution in [3.8, 4) is 11.4 Å². The number of halogens is 2. The summed E-state index contributed by atoms with van der Waals surface area (Å²) in [5.41, 5.74) is 1.98. The summed E-state index contributed by atoms with van der Waals surface area (Å²) in [5, 5.41) is 15.1. The number of hydrogen-bond acceptors (Lipinski definition) is 6. The van der Waals surface area contributed by atoms with E-state index in [1.54, 1.807) is 18.3 Å². The topological polar surface area (TPSA) is 83.0 Å². The van der Waals surface area contributed by atoms with Crippen LogP contribution in [-0.4, -0.2) is 33.2 Å². The summed E-state index contributed by atoms with van der Waals surface area (Å²) in [6.07, 6.45) is 1.68. The number of aliphatic hydroxyl groups is 1. The third-order valence-electron chi connectivity index (χ3n) is 3.24. The summed E-state index contributed by atoms with van der Waals surface area (Å²) < 4.78 is 13.8. The van der Waals surface area contributed by atoms with Gasteiger partial charge in [0.2, 0.25) is 5.95 Å². The first-order valence-electron chi connectivity index (χ1n) is 7.53. The highest BCUT2D eigenvalue weighted by atomic mass is 79.9. The summed E-state index contributed by atoms with van der Waals surface area (Å²) in [6, 6.07) is 11.6. The zero-order chi connectivity index (χ0) is 17.6. The molecule has 0 aliphatic rings. The molecule has 3 rings (SSSR count). The van der Waals surface area contributed by atoms with Crippen LogP contribution in [0.1, 0.15) is 0 Å². The maximum atomic E-state index is 13.2. The van der Waals surface area contributed by atoms with Gasteiger partial charge >= 0.3 is 0 Å². The van der Waals surface area contributed by atoms with E-state index in [0.717, 1.165) is 0 Å². The summed E-state index contributed by atoms with van der Waals surface area (Å²) >= 11 is 3.32. The lowest BCUT2D eigenvalue weighted by atomic mass is 10.2. The zero-order valence-corrected chi connectivity index (χ0v) is 14.7. The molecule has 0 unspecified atom stereocenters. The third-order valence-corrected chi connectivity index (χ3v) is 3.90. The molecule has 25 heavy (non-hydrogen) atoms. The van der Waals surface area contributed by atoms with Gasteiger partial charge in [-0.2, -0.15) is 4.98 Å². The summed E-state index contributed by atoms with van der Waals surface area (Å²) in [7, 11) is 0. The smallest absolute Gasteiger partial charge is 0.225 e. The van der Waals surface area contributed by atoms with Gasteiger partial charge in [0.05, 0.1) is 23.7 Å². The van der Waals surface area contributed by atoms with Crippen molar-refractivity contribution in [3.05, 3.63) is 59.0 Å². The first-order valence-corrected chi connectivity index (χ1v) is 8.32. The fourth-order valence-electron chi connectivity index (χ4n) is 2.13. The van der Waals surface area contributed by atoms with Gasteiger partial charge in [-0.3, -0.25) is 4.98 Å². The van der Waals surface area contributed by atoms with Gasteiger partial charge in [-0.1, -0.05) is 6.07 Å². The summed E-state index contributed by atoms with van der Waals surface area (Å²) in [6.45, 7) is 0.287. The Bertz CT molecular complexity index is 863. The van der Waals surface area contributed by atoms with E-state index in [-0.39, 0.29) is 12.4 Å². The van der Waals surface area contributed by atoms with Crippen LogP contribution in [0.15, 0.2) is 53.1 Å². The van der Waals surface area contributed by atoms with Crippen LogP contribution in [0.2, 0.25) is 0 Å². The molecule has 3 aromatic rings. The Morgan fingerprint density at radius 3 is 2.68 bits per heavy atom. The number of nitrogens with one attached hydrogen (secondary N) is 2. The Labute approximate surface area is 152 Å². The van der Waals surface area contributed by atoms with E-state index in [2.05, 4.69) is 41.5 Å². The molecule has 3 N–H and O–H groups in total. The second kappa shape index (κ2) is 8.00. The van der Waals surface area contributed by atoms with Crippen molar-refractivity contribution in [2.45, 2.75) is 0 Å². The second-order valence-electron chi connectivity index (χ2n) is 5.08. The fourth-order valence-corrected chi connectivity index (χ4v) is 2.58. The number of benzene rings is 1. The average Bonchev–Trinajstić information content (AvgIpc) is 2.63. The van der Waals surface area contributed by atoms with Crippen LogP contribution in [0.5, 0.6) is 0 Å². The molecule has 2 heterocycles. The maximum Gasteiger partial charge on any atom is 0.225 e. The monoisotopic (exact) mass is 403 g/mol. The Hall–Kier alpha value is -2.58. The number of nitrogens with zero attached hydrogens (tertiary/aromatic N) is 3. The summed E-state index contributed by atoms with van der Waals surface area (Å²) in [4.78, 5) is 13.1. The molecule has 2 aromatic heterocycles. The minimum absolute atomic E-state index is 0.0382. The van der Waals surface area contributed by atoms with Crippen molar-refractivity contribution >= 4 is 33.4 Å². The molecule has 1 aromatic carbocycles. The quantitative estimate of drug-likeness (QED) is 0.583. The molecule has 0 saturated heterocycles. The van der Waals surface area contributed by atoms with Crippen LogP contribution in [0.25, 0.3) is 11.4 Å². The minimum Gasteiger partial charge on any atom is -0.395 e. The molecule has 0 spiro atoms. The van der Waals surface area contributed by atoms with Crippen molar-refractivity contribution in [1.29, 1.82) is 0 Å². The second-order valence-corrected chi connectivity index (χ2v) is 5.93. The van der Waals surface area contributed by atoms with E-state index in [4.69, 9.17) is 5.11 Å². The Morgan fingerprint density at radius 1 is 1.08 bits per heavy atom. The fraction of sp³-hybridized carbons (Fsp3) is 0.118. The standard InChI is InChI=1S/C17H15BrFN5O/c18-12-9-11(19)4-5-13(12)22-16-10-15(14-3-1-2-6-20-14)23-17(24-16)21-7-8-25/h1-6,9-10,25H,7-8H2,(H2,21,22,23,24). The first-order chi connectivity index (χ1) is 12.2. The lowest BCUT2D eigenvalue weighted by Crippen LogP contribution is -2.10. The SMILES string of the molecule is OCCNc1nc(Nc2ccc(F)cc2Br)cc(-c2ccccn2)n1. The van der Waals surface area contributed by atoms with E-state index in [0.29, 0.717) is 39.9 Å². The van der Waals surface area contributed by atoms with Crippen molar-refractivity contribution in [2.75, 3.05) is 23.8 Å². The molecule has 6 nitrogen and oxygen atoms in total. The molecule has 0 radical (unpaired) electrons. The van der Waals surface area contributed by atoms with Crippen molar-refractivity contribution in [1.82, 2.24) is 15.0 Å². The molecule has 8 heteroatoms. The number of anilines is 3. The van der Waals surface area contributed by atoms with E-state index in [1.807, 2.05) is 18.2 Å². The number of hydrogen-bond donors (Lipinski definition) is 3. The normalized spacial score (nSPS) is 10.5. The van der Waals surface area contributed by atoms with E-state index >= 15 is 0 Å². The van der Waals surface area contributed by atoms with E-state index in [9.17, 15) is 4.39 Å². The lowest BCUT2D eigenvalue weighted by molar-refractivity contribution is 0.311. The highest BCUT2D eigenvalue weighted by molar-refractivity contribution is 9.10. The minimum atomic E-state index is -0.334. The average molecular weight is 404 g/mol. The van der Waals surface area contributed by atoms with Crippen molar-refractivity contribution in [3.63, 3.8) is 0 Å². The molecule has 0 bridgehead atoms. The molecule has 128 valence electrons. The molecular weight excluding hydrogens is 389 g/mol. The summed E-state index contributed by atoms with van der Waals surface area (Å²) in [5.74, 6) is 0.543. The molecule has 0 amide bonds. The number of pyridine rings is 1. The van der Waals surface area contributed by atoms with Gasteiger partial charge in [0.15, 0.2) is 0 Å². The van der Waals surface area contributed by atoms with Gasteiger partial charge in [-0.05, 0) is 46.3 Å². The van der Waals surface area contributed by atoms with E-state index in [1.165, 1.54) is 12.1 Å². The van der Waals surface area contributed by atoms with Crippen LogP contribution >= 0.6 is 15.9 Å². The molecule has 0 saturated carbocycles. The Morgan fingerprint density at radius 2 is 1.96 bits per heavy atom. The highest BCUT2D eigenvalue weighted by Gasteiger charge is 2.09. The lowest BCUT2D eigenvalue weighted by Gasteiger charge is -2.12. The van der Waals surface area contributed by atoms with Gasteiger partial charge in [0, 0.05) is 23.3 Å². The number of aromatic nitrogens is 3. The molecule has 0 aliphatic carbocycles. The van der Waals surface area contributed by atoms with Gasteiger partial charge in [-0.25, -0.2) is 9.37 Å². The van der Waals surface area contributed by atoms with Gasteiger partial charge in [-0.15, -0.1) is 0 Å². The van der Waals surface area contributed by atoms with Crippen molar-refractivity contribution < 1.29 is 9.50 Å². The third kappa shape index (κ3) is 4.49. The van der Waals surface area contributed by atoms with Crippen LogP contribution < -0.4 is 10.6 Å². The van der Waals surface area contributed by atoms with Crippen LogP contribution in [-0.2, 0) is 0 Å². The molecular formula is C17H15BrFN5O. The number of rotatable bonds is 6. The van der Waals surface area contributed by atoms with Crippen molar-refractivity contribution in [2.24, 2.45) is 0 Å². The predicted molar refractivity (Wildman–Crippen MR) is 98.2 cm³/mol. The van der Waals surface area contributed by atoms with Gasteiger partial charge < -0.3 is 15.7 Å². The van der Waals surface area contributed by atoms with Gasteiger partial charge in [0.25, 0.3) is 0 Å². The van der Waals surface area contributed by atoms with Crippen LogP contribution in [0.4, 0.5) is 21.8 Å². The predicted octanol–water partition coefficient (Wildman–Crippen LogP) is 3.59. The molecule has 0 aliphatic heterocycles. The number of aliphatic hydroxyl groups excluding tert-OH is 1. The Balaban J connectivity index is 1.96. The molecule has 0 atom stereocenters. The maximum absolute atomic E-state index is 13.2. The van der Waals surface area contributed by atoms with Crippen LogP contribution in [0.3, 0.4) is 0 Å². The first kappa shape index (κ1) is 17.2. The van der Waals surface area contributed by atoms with Crippen LogP contribution in [0, 0.1) is 5.82 Å². The Kier molecular flexibility index (Phi) is 5.52. The van der Waals surface area contributed by atoms with Gasteiger partial charge in [0.1, 0.15) is 11.6 Å². The van der Waals surface area contributed by atoms with E-state index < -0.39 is 0 Å². The highest BCUT2D eigenvalue weighted by Crippen LogP contribution is 2.27.